The van der Waals surface area contributed by atoms with Gasteiger partial charge in [-0.25, -0.2) is 0 Å². The molecule has 25 heavy (non-hydrogen) atoms. The third-order valence-electron chi connectivity index (χ3n) is 4.22. The molecule has 0 bridgehead atoms. The summed E-state index contributed by atoms with van der Waals surface area (Å²) in [5.41, 5.74) is 2.39. The highest BCUT2D eigenvalue weighted by Crippen LogP contribution is 2.24. The van der Waals surface area contributed by atoms with Crippen molar-refractivity contribution in [1.29, 1.82) is 0 Å². The van der Waals surface area contributed by atoms with E-state index in [4.69, 9.17) is 9.26 Å². The van der Waals surface area contributed by atoms with Gasteiger partial charge < -0.3 is 14.6 Å². The van der Waals surface area contributed by atoms with E-state index >= 15 is 0 Å². The van der Waals surface area contributed by atoms with Gasteiger partial charge in [0.25, 0.3) is 0 Å². The smallest absolute Gasteiger partial charge is 0.229 e. The van der Waals surface area contributed by atoms with Crippen molar-refractivity contribution in [2.75, 3.05) is 31.6 Å². The van der Waals surface area contributed by atoms with E-state index in [0.717, 1.165) is 60.1 Å². The lowest BCUT2D eigenvalue weighted by molar-refractivity contribution is -0.115. The van der Waals surface area contributed by atoms with Gasteiger partial charge in [-0.2, -0.15) is 0 Å². The van der Waals surface area contributed by atoms with Crippen LogP contribution in [-0.2, 0) is 22.5 Å². The molecule has 1 amide bonds. The summed E-state index contributed by atoms with van der Waals surface area (Å²) < 4.78 is 10.8. The molecule has 4 rings (SSSR count). The van der Waals surface area contributed by atoms with Gasteiger partial charge in [-0.3, -0.25) is 9.69 Å². The van der Waals surface area contributed by atoms with E-state index in [1.54, 1.807) is 11.3 Å². The van der Waals surface area contributed by atoms with Gasteiger partial charge in [-0.05, 0) is 29.6 Å². The van der Waals surface area contributed by atoms with Crippen molar-refractivity contribution >= 4 is 33.9 Å². The molecule has 0 spiro atoms. The first kappa shape index (κ1) is 16.3. The third-order valence-corrected chi connectivity index (χ3v) is 5.10. The van der Waals surface area contributed by atoms with Crippen molar-refractivity contribution in [2.45, 2.75) is 13.0 Å². The summed E-state index contributed by atoms with van der Waals surface area (Å²) in [6.07, 6.45) is 0.389. The fraction of sp³-hybridized carbons (Fsp3) is 0.333. The average Bonchev–Trinajstić information content (AvgIpc) is 3.26. The second kappa shape index (κ2) is 7.35. The van der Waals surface area contributed by atoms with E-state index in [2.05, 4.69) is 15.4 Å². The number of ether oxygens (including phenoxy) is 1. The Morgan fingerprint density at radius 1 is 1.28 bits per heavy atom. The van der Waals surface area contributed by atoms with Crippen LogP contribution in [0.2, 0.25) is 0 Å². The van der Waals surface area contributed by atoms with Gasteiger partial charge in [0, 0.05) is 35.6 Å². The Balaban J connectivity index is 1.48. The number of aromatic nitrogens is 1. The molecule has 7 heteroatoms. The highest BCUT2D eigenvalue weighted by molar-refractivity contribution is 7.10. The number of hydrogen-bond acceptors (Lipinski definition) is 6. The average molecular weight is 357 g/mol. The lowest BCUT2D eigenvalue weighted by atomic mass is 10.1. The molecule has 6 nitrogen and oxygen atoms in total. The third kappa shape index (κ3) is 3.89. The Kier molecular flexibility index (Phi) is 4.78. The van der Waals surface area contributed by atoms with Crippen LogP contribution < -0.4 is 5.32 Å². The predicted octanol–water partition coefficient (Wildman–Crippen LogP) is 2.90. The normalized spacial score (nSPS) is 15.5. The zero-order valence-corrected chi connectivity index (χ0v) is 14.6. The maximum atomic E-state index is 12.2. The number of thiophene rings is 1. The Morgan fingerprint density at radius 3 is 2.96 bits per heavy atom. The number of hydrogen-bond donors (Lipinski definition) is 1. The van der Waals surface area contributed by atoms with Crippen molar-refractivity contribution in [1.82, 2.24) is 10.1 Å². The monoisotopic (exact) mass is 357 g/mol. The van der Waals surface area contributed by atoms with Gasteiger partial charge >= 0.3 is 0 Å². The molecule has 3 aromatic rings. The number of nitrogens with zero attached hydrogens (tertiary/aromatic N) is 2. The van der Waals surface area contributed by atoms with E-state index in [9.17, 15) is 4.79 Å². The maximum absolute atomic E-state index is 12.2. The van der Waals surface area contributed by atoms with Crippen LogP contribution in [0.15, 0.2) is 40.2 Å². The molecular weight excluding hydrogens is 338 g/mol. The number of benzene rings is 1. The van der Waals surface area contributed by atoms with Gasteiger partial charge in [0.05, 0.1) is 19.6 Å². The Labute approximate surface area is 149 Å². The standard InChI is InChI=1S/C18H19N3O3S/c22-18(11-14-2-1-9-25-14)19-13-3-4-17-15(10-13)16(20-24-17)12-21-5-7-23-8-6-21/h1-4,9-10H,5-8,11-12H2,(H,19,22). The SMILES string of the molecule is O=C(Cc1cccs1)Nc1ccc2onc(CN3CCOCC3)c2c1. The zero-order valence-electron chi connectivity index (χ0n) is 13.7. The molecule has 1 aliphatic heterocycles. The van der Waals surface area contributed by atoms with Crippen LogP contribution in [0.3, 0.4) is 0 Å². The van der Waals surface area contributed by atoms with Crippen LogP contribution in [0.5, 0.6) is 0 Å². The number of anilines is 1. The Morgan fingerprint density at radius 2 is 2.16 bits per heavy atom. The molecule has 1 saturated heterocycles. The number of rotatable bonds is 5. The number of carbonyl (C=O) groups is 1. The lowest BCUT2D eigenvalue weighted by Gasteiger charge is -2.25. The molecule has 0 unspecified atom stereocenters. The molecule has 0 atom stereocenters. The van der Waals surface area contributed by atoms with Gasteiger partial charge in [0.15, 0.2) is 5.58 Å². The van der Waals surface area contributed by atoms with Crippen LogP contribution in [0.1, 0.15) is 10.6 Å². The van der Waals surface area contributed by atoms with E-state index < -0.39 is 0 Å². The van der Waals surface area contributed by atoms with Crippen LogP contribution in [0.4, 0.5) is 5.69 Å². The summed E-state index contributed by atoms with van der Waals surface area (Å²) in [5, 5.41) is 10.1. The highest BCUT2D eigenvalue weighted by Gasteiger charge is 2.16. The minimum Gasteiger partial charge on any atom is -0.379 e. The summed E-state index contributed by atoms with van der Waals surface area (Å²) in [4.78, 5) is 15.5. The second-order valence-corrected chi connectivity index (χ2v) is 7.07. The van der Waals surface area contributed by atoms with Gasteiger partial charge in [-0.1, -0.05) is 11.2 Å². The van der Waals surface area contributed by atoms with Crippen molar-refractivity contribution < 1.29 is 14.1 Å². The van der Waals surface area contributed by atoms with Gasteiger partial charge in [0.1, 0.15) is 5.69 Å². The van der Waals surface area contributed by atoms with Crippen molar-refractivity contribution in [3.63, 3.8) is 0 Å². The highest BCUT2D eigenvalue weighted by atomic mass is 32.1. The summed E-state index contributed by atoms with van der Waals surface area (Å²) in [5.74, 6) is -0.0204. The molecule has 0 radical (unpaired) electrons. The van der Waals surface area contributed by atoms with E-state index in [-0.39, 0.29) is 5.91 Å². The molecule has 1 fully saturated rings. The minimum atomic E-state index is -0.0204. The molecule has 3 heterocycles. The number of nitrogens with one attached hydrogen (secondary N) is 1. The quantitative estimate of drug-likeness (QED) is 0.760. The van der Waals surface area contributed by atoms with Gasteiger partial charge in [-0.15, -0.1) is 11.3 Å². The summed E-state index contributed by atoms with van der Waals surface area (Å²) in [7, 11) is 0. The number of carbonyl (C=O) groups excluding carboxylic acids is 1. The fourth-order valence-electron chi connectivity index (χ4n) is 2.93. The molecular formula is C18H19N3O3S. The first-order valence-corrected chi connectivity index (χ1v) is 9.16. The van der Waals surface area contributed by atoms with E-state index in [0.29, 0.717) is 6.42 Å². The molecule has 0 aliphatic carbocycles. The van der Waals surface area contributed by atoms with E-state index in [1.807, 2.05) is 35.7 Å². The van der Waals surface area contributed by atoms with Crippen LogP contribution in [0.25, 0.3) is 11.0 Å². The largest absolute Gasteiger partial charge is 0.379 e. The predicted molar refractivity (Wildman–Crippen MR) is 96.8 cm³/mol. The Hall–Kier alpha value is -2.22. The number of amides is 1. The minimum absolute atomic E-state index is 0.0204. The first-order chi connectivity index (χ1) is 12.3. The fourth-order valence-corrected chi connectivity index (χ4v) is 3.63. The molecule has 1 N–H and O–H groups in total. The maximum Gasteiger partial charge on any atom is 0.229 e. The summed E-state index contributed by atoms with van der Waals surface area (Å²) in [6.45, 7) is 4.01. The van der Waals surface area contributed by atoms with Crippen LogP contribution in [0, 0.1) is 0 Å². The van der Waals surface area contributed by atoms with Crippen LogP contribution in [-0.4, -0.2) is 42.3 Å². The van der Waals surface area contributed by atoms with Crippen molar-refractivity contribution in [2.24, 2.45) is 0 Å². The molecule has 1 aliphatic rings. The van der Waals surface area contributed by atoms with Crippen molar-refractivity contribution in [3.8, 4) is 0 Å². The lowest BCUT2D eigenvalue weighted by Crippen LogP contribution is -2.35. The zero-order chi connectivity index (χ0) is 17.1. The van der Waals surface area contributed by atoms with Crippen molar-refractivity contribution in [3.05, 3.63) is 46.3 Å². The summed E-state index contributed by atoms with van der Waals surface area (Å²) in [6, 6.07) is 9.56. The Bertz CT molecular complexity index is 854. The molecule has 1 aromatic carbocycles. The molecule has 0 saturated carbocycles. The first-order valence-electron chi connectivity index (χ1n) is 8.28. The number of fused-ring (bicyclic) bond motifs is 1. The second-order valence-electron chi connectivity index (χ2n) is 6.03. The van der Waals surface area contributed by atoms with Gasteiger partial charge in [0.2, 0.25) is 5.91 Å². The van der Waals surface area contributed by atoms with E-state index in [1.165, 1.54) is 0 Å². The topological polar surface area (TPSA) is 67.6 Å². The number of morpholine rings is 1. The summed E-state index contributed by atoms with van der Waals surface area (Å²) >= 11 is 1.59. The molecule has 2 aromatic heterocycles. The molecule has 130 valence electrons. The van der Waals surface area contributed by atoms with Crippen LogP contribution >= 0.6 is 11.3 Å².